The molecular weight excluding hydrogens is 350 g/mol. The standard InChI is InChI=1S/C19H33N3O3S/c1-14(2)22(15(3)4)12-11-20-19(23)9-10-21-26(24,25)18-8-7-16(5)17(6)13-18/h7-8,13-15,21H,9-12H2,1-6H3,(H,20,23). The summed E-state index contributed by atoms with van der Waals surface area (Å²) in [5.41, 5.74) is 1.96. The van der Waals surface area contributed by atoms with Crippen LogP contribution >= 0.6 is 0 Å². The van der Waals surface area contributed by atoms with E-state index in [4.69, 9.17) is 0 Å². The maximum atomic E-state index is 12.3. The normalized spacial score (nSPS) is 12.2. The number of amides is 1. The fourth-order valence-corrected chi connectivity index (χ4v) is 3.91. The van der Waals surface area contributed by atoms with E-state index in [9.17, 15) is 13.2 Å². The topological polar surface area (TPSA) is 78.5 Å². The van der Waals surface area contributed by atoms with Gasteiger partial charge in [-0.1, -0.05) is 6.07 Å². The molecule has 7 heteroatoms. The maximum Gasteiger partial charge on any atom is 0.240 e. The van der Waals surface area contributed by atoms with Gasteiger partial charge in [-0.25, -0.2) is 13.1 Å². The number of hydrogen-bond acceptors (Lipinski definition) is 4. The molecule has 0 aliphatic heterocycles. The van der Waals surface area contributed by atoms with Crippen LogP contribution in [-0.4, -0.2) is 50.9 Å². The number of sulfonamides is 1. The minimum Gasteiger partial charge on any atom is -0.355 e. The molecule has 0 fully saturated rings. The van der Waals surface area contributed by atoms with E-state index in [1.165, 1.54) is 0 Å². The number of hydrogen-bond donors (Lipinski definition) is 2. The third-order valence-electron chi connectivity index (χ3n) is 4.45. The van der Waals surface area contributed by atoms with E-state index in [0.29, 0.717) is 18.6 Å². The first-order valence-electron chi connectivity index (χ1n) is 9.14. The zero-order valence-electron chi connectivity index (χ0n) is 16.8. The Kier molecular flexibility index (Phi) is 8.73. The molecule has 0 radical (unpaired) electrons. The molecule has 0 aliphatic carbocycles. The van der Waals surface area contributed by atoms with E-state index in [1.54, 1.807) is 18.2 Å². The van der Waals surface area contributed by atoms with E-state index in [0.717, 1.165) is 17.7 Å². The van der Waals surface area contributed by atoms with E-state index in [1.807, 2.05) is 13.8 Å². The molecule has 0 spiro atoms. The molecule has 0 bridgehead atoms. The smallest absolute Gasteiger partial charge is 0.240 e. The van der Waals surface area contributed by atoms with E-state index >= 15 is 0 Å². The summed E-state index contributed by atoms with van der Waals surface area (Å²) in [6, 6.07) is 5.83. The second-order valence-corrected chi connectivity index (χ2v) is 8.94. The Labute approximate surface area is 158 Å². The molecule has 6 nitrogen and oxygen atoms in total. The number of nitrogens with zero attached hydrogens (tertiary/aromatic N) is 1. The number of nitrogens with one attached hydrogen (secondary N) is 2. The van der Waals surface area contributed by atoms with Gasteiger partial charge < -0.3 is 5.32 Å². The molecule has 0 saturated heterocycles. The quantitative estimate of drug-likeness (QED) is 0.649. The number of carbonyl (C=O) groups excluding carboxylic acids is 1. The van der Waals surface area contributed by atoms with Crippen molar-refractivity contribution in [2.24, 2.45) is 0 Å². The first-order valence-corrected chi connectivity index (χ1v) is 10.6. The van der Waals surface area contributed by atoms with E-state index < -0.39 is 10.0 Å². The van der Waals surface area contributed by atoms with Gasteiger partial charge in [0.1, 0.15) is 0 Å². The molecular formula is C19H33N3O3S. The molecule has 0 aliphatic rings. The average Bonchev–Trinajstić information content (AvgIpc) is 2.53. The largest absolute Gasteiger partial charge is 0.355 e. The summed E-state index contributed by atoms with van der Waals surface area (Å²) >= 11 is 0. The van der Waals surface area contributed by atoms with Crippen LogP contribution in [0.4, 0.5) is 0 Å². The van der Waals surface area contributed by atoms with Crippen molar-refractivity contribution in [2.45, 2.75) is 64.9 Å². The molecule has 0 atom stereocenters. The SMILES string of the molecule is Cc1ccc(S(=O)(=O)NCCC(=O)NCCN(C(C)C)C(C)C)cc1C. The van der Waals surface area contributed by atoms with Crippen LogP contribution in [0.15, 0.2) is 23.1 Å². The lowest BCUT2D eigenvalue weighted by Crippen LogP contribution is -2.42. The van der Waals surface area contributed by atoms with Crippen molar-refractivity contribution in [3.8, 4) is 0 Å². The minimum absolute atomic E-state index is 0.0825. The number of benzene rings is 1. The molecule has 1 rings (SSSR count). The van der Waals surface area contributed by atoms with Gasteiger partial charge in [0.05, 0.1) is 4.90 Å². The highest BCUT2D eigenvalue weighted by Gasteiger charge is 2.16. The van der Waals surface area contributed by atoms with Gasteiger partial charge in [0.15, 0.2) is 0 Å². The van der Waals surface area contributed by atoms with Crippen molar-refractivity contribution < 1.29 is 13.2 Å². The van der Waals surface area contributed by atoms with Gasteiger partial charge >= 0.3 is 0 Å². The first kappa shape index (κ1) is 22.6. The first-order chi connectivity index (χ1) is 12.0. The summed E-state index contributed by atoms with van der Waals surface area (Å²) < 4.78 is 27.1. The van der Waals surface area contributed by atoms with Crippen LogP contribution in [0, 0.1) is 13.8 Å². The van der Waals surface area contributed by atoms with Crippen LogP contribution in [0.3, 0.4) is 0 Å². The van der Waals surface area contributed by atoms with Gasteiger partial charge in [-0.05, 0) is 64.8 Å². The molecule has 1 amide bonds. The molecule has 26 heavy (non-hydrogen) atoms. The van der Waals surface area contributed by atoms with Crippen molar-refractivity contribution >= 4 is 15.9 Å². The fraction of sp³-hybridized carbons (Fsp3) is 0.632. The van der Waals surface area contributed by atoms with Crippen LogP contribution in [0.1, 0.15) is 45.2 Å². The monoisotopic (exact) mass is 383 g/mol. The minimum atomic E-state index is -3.59. The molecule has 0 aromatic heterocycles. The second-order valence-electron chi connectivity index (χ2n) is 7.17. The third-order valence-corrected chi connectivity index (χ3v) is 5.91. The second kappa shape index (κ2) is 10.0. The zero-order valence-corrected chi connectivity index (χ0v) is 17.6. The lowest BCUT2D eigenvalue weighted by Gasteiger charge is -2.30. The van der Waals surface area contributed by atoms with Crippen molar-refractivity contribution in [2.75, 3.05) is 19.6 Å². The van der Waals surface area contributed by atoms with E-state index in [2.05, 4.69) is 42.6 Å². The molecule has 148 valence electrons. The highest BCUT2D eigenvalue weighted by Crippen LogP contribution is 2.14. The van der Waals surface area contributed by atoms with Crippen molar-refractivity contribution in [3.05, 3.63) is 29.3 Å². The Morgan fingerprint density at radius 3 is 2.19 bits per heavy atom. The van der Waals surface area contributed by atoms with Gasteiger partial charge in [-0.2, -0.15) is 0 Å². The van der Waals surface area contributed by atoms with Gasteiger partial charge in [0.25, 0.3) is 0 Å². The Morgan fingerprint density at radius 1 is 1.04 bits per heavy atom. The predicted octanol–water partition coefficient (Wildman–Crippen LogP) is 2.21. The summed E-state index contributed by atoms with van der Waals surface area (Å²) in [5, 5.41) is 2.85. The molecule has 0 saturated carbocycles. The maximum absolute atomic E-state index is 12.3. The Morgan fingerprint density at radius 2 is 1.65 bits per heavy atom. The molecule has 1 aromatic carbocycles. The molecule has 1 aromatic rings. The fourth-order valence-electron chi connectivity index (χ4n) is 2.79. The Balaban J connectivity index is 2.42. The highest BCUT2D eigenvalue weighted by molar-refractivity contribution is 7.89. The summed E-state index contributed by atoms with van der Waals surface area (Å²) in [6.45, 7) is 13.7. The van der Waals surface area contributed by atoms with Crippen LogP contribution in [0.5, 0.6) is 0 Å². The Bertz CT molecular complexity index is 692. The van der Waals surface area contributed by atoms with Crippen LogP contribution in [0.25, 0.3) is 0 Å². The summed E-state index contributed by atoms with van der Waals surface area (Å²) in [5.74, 6) is -0.153. The average molecular weight is 384 g/mol. The van der Waals surface area contributed by atoms with Crippen LogP contribution in [-0.2, 0) is 14.8 Å². The van der Waals surface area contributed by atoms with Gasteiger partial charge in [0, 0.05) is 38.1 Å². The molecule has 0 unspecified atom stereocenters. The van der Waals surface area contributed by atoms with E-state index in [-0.39, 0.29) is 23.8 Å². The lowest BCUT2D eigenvalue weighted by molar-refractivity contribution is -0.121. The summed E-state index contributed by atoms with van der Waals surface area (Å²) in [7, 11) is -3.59. The van der Waals surface area contributed by atoms with Gasteiger partial charge in [-0.15, -0.1) is 0 Å². The summed E-state index contributed by atoms with van der Waals surface area (Å²) in [4.78, 5) is 14.4. The molecule has 2 N–H and O–H groups in total. The number of carbonyl (C=O) groups is 1. The van der Waals surface area contributed by atoms with Crippen LogP contribution < -0.4 is 10.0 Å². The molecule has 0 heterocycles. The predicted molar refractivity (Wildman–Crippen MR) is 106 cm³/mol. The summed E-state index contributed by atoms with van der Waals surface area (Å²) in [6.07, 6.45) is 0.118. The Hall–Kier alpha value is -1.44. The lowest BCUT2D eigenvalue weighted by atomic mass is 10.1. The highest BCUT2D eigenvalue weighted by atomic mass is 32.2. The zero-order chi connectivity index (χ0) is 19.9. The van der Waals surface area contributed by atoms with Crippen molar-refractivity contribution in [1.29, 1.82) is 0 Å². The van der Waals surface area contributed by atoms with Crippen LogP contribution in [0.2, 0.25) is 0 Å². The number of aryl methyl sites for hydroxylation is 2. The third kappa shape index (κ3) is 7.05. The van der Waals surface area contributed by atoms with Gasteiger partial charge in [-0.3, -0.25) is 9.69 Å². The van der Waals surface area contributed by atoms with Crippen molar-refractivity contribution in [1.82, 2.24) is 14.9 Å². The van der Waals surface area contributed by atoms with Crippen molar-refractivity contribution in [3.63, 3.8) is 0 Å². The van der Waals surface area contributed by atoms with Gasteiger partial charge in [0.2, 0.25) is 15.9 Å². The number of rotatable bonds is 10.